The van der Waals surface area contributed by atoms with Gasteiger partial charge in [-0.25, -0.2) is 14.4 Å². The number of nitrogens with zero attached hydrogens (tertiary/aromatic N) is 4. The van der Waals surface area contributed by atoms with E-state index in [-0.39, 0.29) is 17.1 Å². The Bertz CT molecular complexity index is 1130. The second-order valence-corrected chi connectivity index (χ2v) is 8.04. The highest BCUT2D eigenvalue weighted by molar-refractivity contribution is 5.95. The SMILES string of the molecule is CN(C)C(=O)c1ccc2c(c1)N(c1ncc(-c3ccccc3F)cn1)CC21COC1. The smallest absolute Gasteiger partial charge is 0.253 e. The van der Waals surface area contributed by atoms with Crippen molar-refractivity contribution in [3.63, 3.8) is 0 Å². The number of hydrogen-bond donors (Lipinski definition) is 0. The van der Waals surface area contributed by atoms with Crippen LogP contribution in [-0.2, 0) is 10.2 Å². The molecule has 3 aromatic rings. The molecule has 2 aliphatic heterocycles. The van der Waals surface area contributed by atoms with Gasteiger partial charge in [0.2, 0.25) is 5.95 Å². The van der Waals surface area contributed by atoms with Crippen LogP contribution in [-0.4, -0.2) is 54.6 Å². The topological polar surface area (TPSA) is 58.6 Å². The lowest BCUT2D eigenvalue weighted by Gasteiger charge is -2.38. The lowest BCUT2D eigenvalue weighted by atomic mass is 9.80. The zero-order valence-corrected chi connectivity index (χ0v) is 16.8. The first-order chi connectivity index (χ1) is 14.5. The maximum atomic E-state index is 14.1. The minimum absolute atomic E-state index is 0.0561. The van der Waals surface area contributed by atoms with Crippen LogP contribution in [0.5, 0.6) is 0 Å². The lowest BCUT2D eigenvalue weighted by Crippen LogP contribution is -2.49. The predicted molar refractivity (Wildman–Crippen MR) is 111 cm³/mol. The van der Waals surface area contributed by atoms with Crippen LogP contribution in [0.25, 0.3) is 11.1 Å². The van der Waals surface area contributed by atoms with E-state index >= 15 is 0 Å². The van der Waals surface area contributed by atoms with Gasteiger partial charge < -0.3 is 14.5 Å². The molecule has 1 aromatic heterocycles. The quantitative estimate of drug-likeness (QED) is 0.670. The van der Waals surface area contributed by atoms with Crippen LogP contribution in [0, 0.1) is 5.82 Å². The van der Waals surface area contributed by atoms with Crippen molar-refractivity contribution in [2.45, 2.75) is 5.41 Å². The largest absolute Gasteiger partial charge is 0.379 e. The maximum absolute atomic E-state index is 14.1. The van der Waals surface area contributed by atoms with Crippen LogP contribution >= 0.6 is 0 Å². The van der Waals surface area contributed by atoms with Crippen LogP contribution in [0.3, 0.4) is 0 Å². The third kappa shape index (κ3) is 2.85. The minimum atomic E-state index is -0.308. The number of hydrogen-bond acceptors (Lipinski definition) is 5. The average Bonchev–Trinajstić information content (AvgIpc) is 3.09. The lowest BCUT2D eigenvalue weighted by molar-refractivity contribution is -0.0507. The number of carbonyl (C=O) groups excluding carboxylic acids is 1. The van der Waals surface area contributed by atoms with Crippen molar-refractivity contribution >= 4 is 17.5 Å². The van der Waals surface area contributed by atoms with E-state index in [0.717, 1.165) is 11.3 Å². The second-order valence-electron chi connectivity index (χ2n) is 8.04. The number of ether oxygens (including phenoxy) is 1. The molecule has 152 valence electrons. The normalized spacial score (nSPS) is 16.3. The molecule has 0 atom stereocenters. The average molecular weight is 404 g/mol. The summed E-state index contributed by atoms with van der Waals surface area (Å²) in [5.41, 5.74) is 3.66. The van der Waals surface area contributed by atoms with E-state index in [1.54, 1.807) is 49.6 Å². The Hall–Kier alpha value is -3.32. The molecular weight excluding hydrogens is 383 g/mol. The number of halogens is 1. The van der Waals surface area contributed by atoms with Gasteiger partial charge in [-0.1, -0.05) is 24.3 Å². The van der Waals surface area contributed by atoms with Crippen molar-refractivity contribution in [3.05, 3.63) is 71.8 Å². The molecule has 0 aliphatic carbocycles. The van der Waals surface area contributed by atoms with Crippen LogP contribution in [0.15, 0.2) is 54.9 Å². The summed E-state index contributed by atoms with van der Waals surface area (Å²) in [6.07, 6.45) is 3.27. The van der Waals surface area contributed by atoms with Gasteiger partial charge in [0.15, 0.2) is 0 Å². The van der Waals surface area contributed by atoms with Gasteiger partial charge in [0.1, 0.15) is 5.82 Å². The molecule has 30 heavy (non-hydrogen) atoms. The fraction of sp³-hybridized carbons (Fsp3) is 0.261. The van der Waals surface area contributed by atoms with Gasteiger partial charge in [0.25, 0.3) is 5.91 Å². The molecule has 1 spiro atoms. The van der Waals surface area contributed by atoms with Crippen molar-refractivity contribution in [1.82, 2.24) is 14.9 Å². The fourth-order valence-corrected chi connectivity index (χ4v) is 4.14. The standard InChI is InChI=1S/C23H21FN4O2/c1-27(2)21(29)15-7-8-18-20(9-15)28(12-23(18)13-30-14-23)22-25-10-16(11-26-22)17-5-3-4-6-19(17)24/h3-11H,12-14H2,1-2H3. The Morgan fingerprint density at radius 1 is 1.13 bits per heavy atom. The predicted octanol–water partition coefficient (Wildman–Crippen LogP) is 3.40. The Labute approximate surface area is 173 Å². The second kappa shape index (κ2) is 6.88. The zero-order valence-electron chi connectivity index (χ0n) is 16.8. The molecule has 2 aromatic carbocycles. The van der Waals surface area contributed by atoms with E-state index in [1.165, 1.54) is 6.07 Å². The summed E-state index contributed by atoms with van der Waals surface area (Å²) in [6.45, 7) is 1.94. The zero-order chi connectivity index (χ0) is 20.9. The Morgan fingerprint density at radius 3 is 2.50 bits per heavy atom. The number of benzene rings is 2. The van der Waals surface area contributed by atoms with Gasteiger partial charge >= 0.3 is 0 Å². The van der Waals surface area contributed by atoms with Crippen molar-refractivity contribution in [1.29, 1.82) is 0 Å². The first-order valence-electron chi connectivity index (χ1n) is 9.77. The Balaban J connectivity index is 1.53. The first-order valence-corrected chi connectivity index (χ1v) is 9.77. The molecule has 1 saturated heterocycles. The number of amides is 1. The molecule has 0 N–H and O–H groups in total. The molecule has 0 unspecified atom stereocenters. The molecule has 1 amide bonds. The first kappa shape index (κ1) is 18.7. The summed E-state index contributed by atoms with van der Waals surface area (Å²) < 4.78 is 19.6. The molecule has 2 aliphatic rings. The molecule has 3 heterocycles. The molecular formula is C23H21FN4O2. The van der Waals surface area contributed by atoms with E-state index in [9.17, 15) is 9.18 Å². The number of rotatable bonds is 3. The summed E-state index contributed by atoms with van der Waals surface area (Å²) in [5.74, 6) is 0.159. The maximum Gasteiger partial charge on any atom is 0.253 e. The van der Waals surface area contributed by atoms with Crippen LogP contribution in [0.4, 0.5) is 16.0 Å². The number of carbonyl (C=O) groups is 1. The van der Waals surface area contributed by atoms with Crippen LogP contribution in [0.2, 0.25) is 0 Å². The van der Waals surface area contributed by atoms with Gasteiger partial charge in [-0.15, -0.1) is 0 Å². The van der Waals surface area contributed by atoms with E-state index in [2.05, 4.69) is 9.97 Å². The van der Waals surface area contributed by atoms with Crippen molar-refractivity contribution < 1.29 is 13.9 Å². The highest BCUT2D eigenvalue weighted by Crippen LogP contribution is 2.47. The summed E-state index contributed by atoms with van der Waals surface area (Å²) in [4.78, 5) is 25.1. The van der Waals surface area contributed by atoms with Crippen LogP contribution < -0.4 is 4.90 Å². The highest BCUT2D eigenvalue weighted by atomic mass is 19.1. The van der Waals surface area contributed by atoms with Gasteiger partial charge in [-0.3, -0.25) is 4.79 Å². The fourth-order valence-electron chi connectivity index (χ4n) is 4.14. The Kier molecular flexibility index (Phi) is 4.29. The molecule has 0 saturated carbocycles. The van der Waals surface area contributed by atoms with Gasteiger partial charge in [0.05, 0.1) is 18.6 Å². The summed E-state index contributed by atoms with van der Waals surface area (Å²) in [5, 5.41) is 0. The van der Waals surface area contributed by atoms with Gasteiger partial charge in [0, 0.05) is 55.4 Å². The molecule has 6 nitrogen and oxygen atoms in total. The Morgan fingerprint density at radius 2 is 1.87 bits per heavy atom. The number of aromatic nitrogens is 2. The van der Waals surface area contributed by atoms with Gasteiger partial charge in [-0.2, -0.15) is 0 Å². The van der Waals surface area contributed by atoms with E-state index < -0.39 is 0 Å². The van der Waals surface area contributed by atoms with Gasteiger partial charge in [-0.05, 0) is 23.8 Å². The third-order valence-corrected chi connectivity index (χ3v) is 5.79. The van der Waals surface area contributed by atoms with Crippen molar-refractivity contribution in [3.8, 4) is 11.1 Å². The van der Waals surface area contributed by atoms with Crippen LogP contribution in [0.1, 0.15) is 15.9 Å². The molecule has 0 radical (unpaired) electrons. The monoisotopic (exact) mass is 404 g/mol. The molecule has 0 bridgehead atoms. The highest BCUT2D eigenvalue weighted by Gasteiger charge is 2.49. The molecule has 7 heteroatoms. The van der Waals surface area contributed by atoms with Crippen molar-refractivity contribution in [2.24, 2.45) is 0 Å². The van der Waals surface area contributed by atoms with E-state index in [0.29, 0.717) is 42.4 Å². The third-order valence-electron chi connectivity index (χ3n) is 5.79. The summed E-state index contributed by atoms with van der Waals surface area (Å²) in [7, 11) is 3.47. The number of anilines is 2. The minimum Gasteiger partial charge on any atom is -0.379 e. The van der Waals surface area contributed by atoms with E-state index in [1.807, 2.05) is 23.1 Å². The molecule has 1 fully saturated rings. The molecule has 5 rings (SSSR count). The summed E-state index contributed by atoms with van der Waals surface area (Å²) in [6, 6.07) is 12.4. The van der Waals surface area contributed by atoms with E-state index in [4.69, 9.17) is 4.74 Å². The summed E-state index contributed by atoms with van der Waals surface area (Å²) >= 11 is 0. The van der Waals surface area contributed by atoms with Crippen molar-refractivity contribution in [2.75, 3.05) is 38.8 Å². The number of fused-ring (bicyclic) bond motifs is 2.